The van der Waals surface area contributed by atoms with E-state index < -0.39 is 17.0 Å². The number of Topliss-reactive ketones (excluding diaryl/α,β-unsaturated/α-hetero) is 1. The van der Waals surface area contributed by atoms with Gasteiger partial charge in [0.15, 0.2) is 5.78 Å². The summed E-state index contributed by atoms with van der Waals surface area (Å²) in [6.45, 7) is 4.14. The molecular formula is C22H23N3O3S. The molecule has 1 aromatic heterocycles. The summed E-state index contributed by atoms with van der Waals surface area (Å²) in [6.07, 6.45) is 0. The van der Waals surface area contributed by atoms with Crippen molar-refractivity contribution in [3.8, 4) is 0 Å². The summed E-state index contributed by atoms with van der Waals surface area (Å²) < 4.78 is 2.21. The van der Waals surface area contributed by atoms with E-state index in [1.54, 1.807) is 0 Å². The largest absolute Gasteiger partial charge is 0.384 e. The fourth-order valence-electron chi connectivity index (χ4n) is 3.04. The molecule has 2 aromatic carbocycles. The van der Waals surface area contributed by atoms with Crippen LogP contribution in [0.15, 0.2) is 63.0 Å². The second-order valence-electron chi connectivity index (χ2n) is 6.96. The van der Waals surface area contributed by atoms with E-state index >= 15 is 0 Å². The summed E-state index contributed by atoms with van der Waals surface area (Å²) >= 11 is 1.36. The van der Waals surface area contributed by atoms with Crippen molar-refractivity contribution in [1.29, 1.82) is 0 Å². The minimum Gasteiger partial charge on any atom is -0.384 e. The standard InChI is InChI=1S/C22H23N3O3S/c1-14-9-10-15(2)18(11-14)29-13-17(26)19-20(23)25(22(28)24(3)21(19)27)12-16-7-5-4-6-8-16/h4-11H,12-13,23H2,1-3H3. The quantitative estimate of drug-likeness (QED) is 0.500. The van der Waals surface area contributed by atoms with Gasteiger partial charge in [0, 0.05) is 11.9 Å². The molecule has 29 heavy (non-hydrogen) atoms. The first-order chi connectivity index (χ1) is 13.8. The fraction of sp³-hybridized carbons (Fsp3) is 0.227. The van der Waals surface area contributed by atoms with E-state index in [1.807, 2.05) is 62.4 Å². The maximum Gasteiger partial charge on any atom is 0.332 e. The third-order valence-corrected chi connectivity index (χ3v) is 5.91. The number of anilines is 1. The molecule has 0 saturated carbocycles. The van der Waals surface area contributed by atoms with Crippen molar-refractivity contribution in [2.75, 3.05) is 11.5 Å². The van der Waals surface area contributed by atoms with Crippen molar-refractivity contribution >= 4 is 23.4 Å². The van der Waals surface area contributed by atoms with Crippen LogP contribution in [0.5, 0.6) is 0 Å². The lowest BCUT2D eigenvalue weighted by molar-refractivity contribution is 0.102. The van der Waals surface area contributed by atoms with Crippen LogP contribution in [0.1, 0.15) is 27.0 Å². The molecule has 0 radical (unpaired) electrons. The Morgan fingerprint density at radius 3 is 2.45 bits per heavy atom. The summed E-state index contributed by atoms with van der Waals surface area (Å²) in [6, 6.07) is 15.3. The Balaban J connectivity index is 1.96. The van der Waals surface area contributed by atoms with E-state index in [0.29, 0.717) is 0 Å². The van der Waals surface area contributed by atoms with Crippen LogP contribution in [0.2, 0.25) is 0 Å². The number of nitrogen functional groups attached to an aromatic ring is 1. The fourth-order valence-corrected chi connectivity index (χ4v) is 4.04. The van der Waals surface area contributed by atoms with Crippen molar-refractivity contribution in [1.82, 2.24) is 9.13 Å². The lowest BCUT2D eigenvalue weighted by atomic mass is 10.2. The third kappa shape index (κ3) is 4.35. The highest BCUT2D eigenvalue weighted by Gasteiger charge is 2.22. The number of aryl methyl sites for hydroxylation is 2. The smallest absolute Gasteiger partial charge is 0.332 e. The van der Waals surface area contributed by atoms with Crippen molar-refractivity contribution < 1.29 is 4.79 Å². The Bertz CT molecular complexity index is 1180. The number of benzene rings is 2. The van der Waals surface area contributed by atoms with Crippen molar-refractivity contribution in [2.24, 2.45) is 7.05 Å². The van der Waals surface area contributed by atoms with E-state index in [4.69, 9.17) is 5.73 Å². The maximum atomic E-state index is 12.9. The van der Waals surface area contributed by atoms with Crippen LogP contribution in [0.4, 0.5) is 5.82 Å². The minimum atomic E-state index is -0.664. The number of aromatic nitrogens is 2. The zero-order valence-corrected chi connectivity index (χ0v) is 17.5. The lowest BCUT2D eigenvalue weighted by Gasteiger charge is -2.15. The number of nitrogens with two attached hydrogens (primary N) is 1. The Labute approximate surface area is 173 Å². The molecule has 0 aliphatic rings. The SMILES string of the molecule is Cc1ccc(C)c(SCC(=O)c2c(N)n(Cc3ccccc3)c(=O)n(C)c2=O)c1. The monoisotopic (exact) mass is 409 g/mol. The van der Waals surface area contributed by atoms with Crippen LogP contribution < -0.4 is 17.0 Å². The predicted molar refractivity (Wildman–Crippen MR) is 117 cm³/mol. The molecule has 0 aliphatic carbocycles. The second-order valence-corrected chi connectivity index (χ2v) is 7.98. The molecule has 0 fully saturated rings. The Morgan fingerprint density at radius 2 is 1.76 bits per heavy atom. The number of thioether (sulfide) groups is 1. The Kier molecular flexibility index (Phi) is 6.08. The van der Waals surface area contributed by atoms with Gasteiger partial charge < -0.3 is 5.73 Å². The van der Waals surface area contributed by atoms with Crippen LogP contribution in [-0.4, -0.2) is 20.7 Å². The number of carbonyl (C=O) groups excluding carboxylic acids is 1. The minimum absolute atomic E-state index is 0.0628. The molecule has 0 amide bonds. The van der Waals surface area contributed by atoms with Gasteiger partial charge in [-0.05, 0) is 31.0 Å². The lowest BCUT2D eigenvalue weighted by Crippen LogP contribution is -2.43. The van der Waals surface area contributed by atoms with Crippen LogP contribution in [0, 0.1) is 13.8 Å². The van der Waals surface area contributed by atoms with Gasteiger partial charge in [-0.15, -0.1) is 11.8 Å². The van der Waals surface area contributed by atoms with Crippen molar-refractivity contribution in [2.45, 2.75) is 25.3 Å². The molecule has 0 bridgehead atoms. The topological polar surface area (TPSA) is 87.1 Å². The molecule has 0 saturated heterocycles. The third-order valence-electron chi connectivity index (χ3n) is 4.75. The van der Waals surface area contributed by atoms with E-state index in [0.717, 1.165) is 26.2 Å². The summed E-state index contributed by atoms with van der Waals surface area (Å²) in [5.74, 6) is -0.419. The molecule has 150 valence electrons. The van der Waals surface area contributed by atoms with Gasteiger partial charge in [0.05, 0.1) is 12.3 Å². The molecule has 6 nitrogen and oxygen atoms in total. The second kappa shape index (κ2) is 8.53. The van der Waals surface area contributed by atoms with E-state index in [2.05, 4.69) is 0 Å². The summed E-state index contributed by atoms with van der Waals surface area (Å²) in [4.78, 5) is 39.1. The summed E-state index contributed by atoms with van der Waals surface area (Å²) in [5.41, 5.74) is 7.80. The van der Waals surface area contributed by atoms with Gasteiger partial charge in [0.25, 0.3) is 5.56 Å². The highest BCUT2D eigenvalue weighted by molar-refractivity contribution is 8.00. The summed E-state index contributed by atoms with van der Waals surface area (Å²) in [7, 11) is 1.36. The van der Waals surface area contributed by atoms with Crippen LogP contribution in [0.25, 0.3) is 0 Å². The van der Waals surface area contributed by atoms with Crippen molar-refractivity contribution in [3.63, 3.8) is 0 Å². The zero-order valence-electron chi connectivity index (χ0n) is 16.6. The van der Waals surface area contributed by atoms with Crippen LogP contribution in [-0.2, 0) is 13.6 Å². The number of ketones is 1. The molecule has 2 N–H and O–H groups in total. The van der Waals surface area contributed by atoms with Crippen molar-refractivity contribution in [3.05, 3.63) is 91.6 Å². The molecule has 0 unspecified atom stereocenters. The average Bonchev–Trinajstić information content (AvgIpc) is 2.71. The van der Waals surface area contributed by atoms with Gasteiger partial charge in [-0.25, -0.2) is 4.79 Å². The van der Waals surface area contributed by atoms with Gasteiger partial charge in [-0.3, -0.25) is 18.7 Å². The highest BCUT2D eigenvalue weighted by atomic mass is 32.2. The number of carbonyl (C=O) groups is 1. The zero-order chi connectivity index (χ0) is 21.1. The molecule has 0 spiro atoms. The van der Waals surface area contributed by atoms with Crippen LogP contribution in [0.3, 0.4) is 0 Å². The highest BCUT2D eigenvalue weighted by Crippen LogP contribution is 2.24. The molecule has 7 heteroatoms. The van der Waals surface area contributed by atoms with E-state index in [-0.39, 0.29) is 23.7 Å². The van der Waals surface area contributed by atoms with E-state index in [9.17, 15) is 14.4 Å². The number of hydrogen-bond donors (Lipinski definition) is 1. The van der Waals surface area contributed by atoms with Gasteiger partial charge in [-0.2, -0.15) is 0 Å². The predicted octanol–water partition coefficient (Wildman–Crippen LogP) is 2.77. The first kappa shape index (κ1) is 20.7. The first-order valence-electron chi connectivity index (χ1n) is 9.16. The van der Waals surface area contributed by atoms with Gasteiger partial charge in [-0.1, -0.05) is 48.0 Å². The molecule has 3 rings (SSSR count). The average molecular weight is 410 g/mol. The van der Waals surface area contributed by atoms with Crippen LogP contribution >= 0.6 is 11.8 Å². The number of rotatable bonds is 6. The molecule has 0 aliphatic heterocycles. The number of nitrogens with zero attached hydrogens (tertiary/aromatic N) is 2. The maximum absolute atomic E-state index is 12.9. The normalized spacial score (nSPS) is 10.9. The van der Waals surface area contributed by atoms with Gasteiger partial charge >= 0.3 is 5.69 Å². The molecule has 1 heterocycles. The summed E-state index contributed by atoms with van der Waals surface area (Å²) in [5, 5.41) is 0. The molecular weight excluding hydrogens is 386 g/mol. The number of hydrogen-bond acceptors (Lipinski definition) is 5. The van der Waals surface area contributed by atoms with Gasteiger partial charge in [0.2, 0.25) is 0 Å². The molecule has 3 aromatic rings. The molecule has 0 atom stereocenters. The first-order valence-corrected chi connectivity index (χ1v) is 10.1. The Hall–Kier alpha value is -3.06. The van der Waals surface area contributed by atoms with Gasteiger partial charge in [0.1, 0.15) is 11.4 Å². The Morgan fingerprint density at radius 1 is 1.07 bits per heavy atom. The van der Waals surface area contributed by atoms with E-state index in [1.165, 1.54) is 23.4 Å².